The maximum Gasteiger partial charge on any atom is 0.255 e. The van der Waals surface area contributed by atoms with Crippen molar-refractivity contribution >= 4 is 23.6 Å². The Morgan fingerprint density at radius 2 is 2.00 bits per heavy atom. The van der Waals surface area contributed by atoms with E-state index in [0.717, 1.165) is 0 Å². The third kappa shape index (κ3) is 4.54. The Morgan fingerprint density at radius 1 is 1.19 bits per heavy atom. The summed E-state index contributed by atoms with van der Waals surface area (Å²) in [6.07, 6.45) is 0. The van der Waals surface area contributed by atoms with E-state index in [9.17, 15) is 14.0 Å². The molecule has 3 rings (SSSR count). The number of carbonyl (C=O) groups excluding carboxylic acids is 2. The molecule has 1 saturated heterocycles. The van der Waals surface area contributed by atoms with Gasteiger partial charge >= 0.3 is 0 Å². The Morgan fingerprint density at radius 3 is 2.77 bits per heavy atom. The zero-order chi connectivity index (χ0) is 18.4. The molecule has 1 fully saturated rings. The van der Waals surface area contributed by atoms with E-state index < -0.39 is 6.04 Å². The zero-order valence-electron chi connectivity index (χ0n) is 14.1. The fraction of sp³-hybridized carbons (Fsp3) is 0.263. The number of nitrogens with one attached hydrogen (secondary N) is 1. The normalized spacial score (nSPS) is 16.3. The summed E-state index contributed by atoms with van der Waals surface area (Å²) in [4.78, 5) is 26.6. The van der Waals surface area contributed by atoms with Crippen molar-refractivity contribution in [2.24, 2.45) is 0 Å². The number of hydrogen-bond donors (Lipinski definition) is 1. The Bertz CT molecular complexity index is 772. The van der Waals surface area contributed by atoms with Crippen LogP contribution in [-0.4, -0.2) is 47.5 Å². The fourth-order valence-corrected chi connectivity index (χ4v) is 3.78. The molecule has 0 aliphatic carbocycles. The summed E-state index contributed by atoms with van der Waals surface area (Å²) in [7, 11) is 0. The molecule has 1 aliphatic rings. The van der Waals surface area contributed by atoms with E-state index in [2.05, 4.69) is 5.32 Å². The van der Waals surface area contributed by atoms with Crippen molar-refractivity contribution in [3.05, 3.63) is 66.0 Å². The number of benzene rings is 2. The highest BCUT2D eigenvalue weighted by molar-refractivity contribution is 7.99. The predicted octanol–water partition coefficient (Wildman–Crippen LogP) is 2.54. The summed E-state index contributed by atoms with van der Waals surface area (Å²) in [5.74, 6) is 0.746. The Hall–Kier alpha value is -2.54. The Balaban J connectivity index is 1.50. The van der Waals surface area contributed by atoms with Crippen LogP contribution in [0.1, 0.15) is 10.4 Å². The number of ether oxygens (including phenoxy) is 1. The molecular weight excluding hydrogens is 355 g/mol. The molecule has 0 bridgehead atoms. The van der Waals surface area contributed by atoms with Crippen LogP contribution < -0.4 is 10.1 Å². The summed E-state index contributed by atoms with van der Waals surface area (Å²) in [6.45, 7) is 0.506. The first-order valence-corrected chi connectivity index (χ1v) is 9.40. The molecule has 2 amide bonds. The van der Waals surface area contributed by atoms with E-state index in [1.165, 1.54) is 12.1 Å². The summed E-state index contributed by atoms with van der Waals surface area (Å²) in [5.41, 5.74) is 0.572. The number of carbonyl (C=O) groups is 2. The van der Waals surface area contributed by atoms with Crippen molar-refractivity contribution in [2.75, 3.05) is 24.8 Å². The highest BCUT2D eigenvalue weighted by atomic mass is 32.2. The van der Waals surface area contributed by atoms with Gasteiger partial charge in [-0.1, -0.05) is 24.3 Å². The van der Waals surface area contributed by atoms with Crippen LogP contribution in [0, 0.1) is 5.82 Å². The minimum Gasteiger partial charge on any atom is -0.492 e. The van der Waals surface area contributed by atoms with E-state index in [-0.39, 0.29) is 30.8 Å². The first kappa shape index (κ1) is 18.3. The maximum atomic E-state index is 13.1. The van der Waals surface area contributed by atoms with Gasteiger partial charge in [-0.3, -0.25) is 9.59 Å². The molecule has 0 saturated carbocycles. The molecule has 2 aromatic carbocycles. The molecule has 1 atom stereocenters. The number of rotatable bonds is 6. The van der Waals surface area contributed by atoms with Gasteiger partial charge in [0.2, 0.25) is 5.91 Å². The van der Waals surface area contributed by atoms with Crippen molar-refractivity contribution in [3.8, 4) is 5.75 Å². The summed E-state index contributed by atoms with van der Waals surface area (Å²) >= 11 is 1.55. The largest absolute Gasteiger partial charge is 0.492 e. The van der Waals surface area contributed by atoms with Crippen molar-refractivity contribution in [2.45, 2.75) is 6.04 Å². The van der Waals surface area contributed by atoms with Gasteiger partial charge in [-0.05, 0) is 24.3 Å². The molecule has 0 radical (unpaired) electrons. The van der Waals surface area contributed by atoms with E-state index in [1.54, 1.807) is 53.1 Å². The third-order valence-electron chi connectivity index (χ3n) is 3.93. The summed E-state index contributed by atoms with van der Waals surface area (Å²) in [6, 6.07) is 14.3. The first-order chi connectivity index (χ1) is 12.6. The average Bonchev–Trinajstić information content (AvgIpc) is 3.15. The Labute approximate surface area is 155 Å². The third-order valence-corrected chi connectivity index (χ3v) is 4.94. The van der Waals surface area contributed by atoms with Crippen molar-refractivity contribution in [3.63, 3.8) is 0 Å². The lowest BCUT2D eigenvalue weighted by atomic mass is 10.1. The van der Waals surface area contributed by atoms with Crippen LogP contribution in [0.15, 0.2) is 54.6 Å². The molecular formula is C19H19FN2O3S. The molecule has 0 spiro atoms. The second kappa shape index (κ2) is 8.71. The van der Waals surface area contributed by atoms with Crippen molar-refractivity contribution in [1.29, 1.82) is 0 Å². The van der Waals surface area contributed by atoms with Gasteiger partial charge in [-0.2, -0.15) is 0 Å². The van der Waals surface area contributed by atoms with Gasteiger partial charge in [0.05, 0.1) is 12.4 Å². The molecule has 7 heteroatoms. The minimum atomic E-state index is -0.498. The fourth-order valence-electron chi connectivity index (χ4n) is 2.62. The lowest BCUT2D eigenvalue weighted by molar-refractivity contribution is -0.124. The van der Waals surface area contributed by atoms with Gasteiger partial charge in [0.1, 0.15) is 24.2 Å². The van der Waals surface area contributed by atoms with Crippen molar-refractivity contribution < 1.29 is 18.7 Å². The van der Waals surface area contributed by atoms with Crippen molar-refractivity contribution in [1.82, 2.24) is 10.2 Å². The highest BCUT2D eigenvalue weighted by Crippen LogP contribution is 2.23. The molecule has 136 valence electrons. The van der Waals surface area contributed by atoms with Gasteiger partial charge in [0.15, 0.2) is 0 Å². The molecule has 0 unspecified atom stereocenters. The molecule has 5 nitrogen and oxygen atoms in total. The Kier molecular flexibility index (Phi) is 6.12. The standard InChI is InChI=1S/C19H19FN2O3S/c20-15-7-4-8-16(11-15)25-10-9-21-18(23)17-12-26-13-22(17)19(24)14-5-2-1-3-6-14/h1-8,11,17H,9-10,12-13H2,(H,21,23)/t17-/m0/s1. The molecule has 1 aliphatic heterocycles. The van der Waals surface area contributed by atoms with Gasteiger partial charge in [0, 0.05) is 17.4 Å². The maximum absolute atomic E-state index is 13.1. The van der Waals surface area contributed by atoms with Crippen LogP contribution in [0.5, 0.6) is 5.75 Å². The summed E-state index contributed by atoms with van der Waals surface area (Å²) < 4.78 is 18.5. The van der Waals surface area contributed by atoms with Crippen LogP contribution in [0.25, 0.3) is 0 Å². The predicted molar refractivity (Wildman–Crippen MR) is 98.6 cm³/mol. The SMILES string of the molecule is O=C(NCCOc1cccc(F)c1)[C@@H]1CSCN1C(=O)c1ccccc1. The number of thioether (sulfide) groups is 1. The lowest BCUT2D eigenvalue weighted by Crippen LogP contribution is -2.48. The van der Waals surface area contributed by atoms with Crippen LogP contribution in [0.4, 0.5) is 4.39 Å². The zero-order valence-corrected chi connectivity index (χ0v) is 14.9. The number of hydrogen-bond acceptors (Lipinski definition) is 4. The molecule has 26 heavy (non-hydrogen) atoms. The molecule has 0 aromatic heterocycles. The van der Waals surface area contributed by atoms with E-state index in [1.807, 2.05) is 6.07 Å². The highest BCUT2D eigenvalue weighted by Gasteiger charge is 2.34. The van der Waals surface area contributed by atoms with Crippen LogP contribution in [-0.2, 0) is 4.79 Å². The van der Waals surface area contributed by atoms with Crippen LogP contribution >= 0.6 is 11.8 Å². The van der Waals surface area contributed by atoms with Gasteiger partial charge in [-0.25, -0.2) is 4.39 Å². The summed E-state index contributed by atoms with van der Waals surface area (Å²) in [5, 5.41) is 2.78. The van der Waals surface area contributed by atoms with Crippen LogP contribution in [0.3, 0.4) is 0 Å². The molecule has 1 heterocycles. The topological polar surface area (TPSA) is 58.6 Å². The van der Waals surface area contributed by atoms with Gasteiger partial charge < -0.3 is 15.0 Å². The van der Waals surface area contributed by atoms with E-state index in [0.29, 0.717) is 22.9 Å². The molecule has 2 aromatic rings. The smallest absolute Gasteiger partial charge is 0.255 e. The first-order valence-electron chi connectivity index (χ1n) is 8.25. The quantitative estimate of drug-likeness (QED) is 0.790. The number of nitrogens with zero attached hydrogens (tertiary/aromatic N) is 1. The average molecular weight is 374 g/mol. The van der Waals surface area contributed by atoms with Gasteiger partial charge in [0.25, 0.3) is 5.91 Å². The second-order valence-electron chi connectivity index (χ2n) is 5.75. The van der Waals surface area contributed by atoms with Crippen LogP contribution in [0.2, 0.25) is 0 Å². The van der Waals surface area contributed by atoms with E-state index >= 15 is 0 Å². The molecule has 1 N–H and O–H groups in total. The monoisotopic (exact) mass is 374 g/mol. The lowest BCUT2D eigenvalue weighted by Gasteiger charge is -2.23. The number of halogens is 1. The minimum absolute atomic E-state index is 0.147. The second-order valence-corrected chi connectivity index (χ2v) is 6.75. The van der Waals surface area contributed by atoms with E-state index in [4.69, 9.17) is 4.74 Å². The van der Waals surface area contributed by atoms with Gasteiger partial charge in [-0.15, -0.1) is 11.8 Å². The number of amides is 2.